The number of anilines is 1. The summed E-state index contributed by atoms with van der Waals surface area (Å²) in [6.45, 7) is 3.21. The number of carbonyl (C=O) groups is 1. The molecule has 8 heteroatoms. The zero-order valence-corrected chi connectivity index (χ0v) is 15.0. The van der Waals surface area contributed by atoms with Crippen molar-refractivity contribution in [1.82, 2.24) is 15.0 Å². The number of hydrogen-bond acceptors (Lipinski definition) is 5. The summed E-state index contributed by atoms with van der Waals surface area (Å²) >= 11 is 0. The second-order valence-corrected chi connectivity index (χ2v) is 7.56. The molecular weight excluding hydrogens is 345 g/mol. The van der Waals surface area contributed by atoms with Crippen LogP contribution in [0.1, 0.15) is 64.0 Å². The van der Waals surface area contributed by atoms with E-state index in [-0.39, 0.29) is 24.2 Å². The van der Waals surface area contributed by atoms with E-state index >= 15 is 0 Å². The normalized spacial score (nSPS) is 20.5. The lowest BCUT2D eigenvalue weighted by Crippen LogP contribution is -2.22. The molecule has 1 saturated carbocycles. The Morgan fingerprint density at radius 2 is 1.96 bits per heavy atom. The van der Waals surface area contributed by atoms with Gasteiger partial charge in [-0.25, -0.2) is 4.98 Å². The van der Waals surface area contributed by atoms with Crippen molar-refractivity contribution in [1.29, 1.82) is 0 Å². The molecule has 1 heterocycles. The Hall–Kier alpha value is -1.99. The van der Waals surface area contributed by atoms with E-state index in [1.54, 1.807) is 6.08 Å². The zero-order chi connectivity index (χ0) is 18.9. The maximum Gasteiger partial charge on any atom is 0.391 e. The van der Waals surface area contributed by atoms with Crippen molar-refractivity contribution in [2.45, 2.75) is 70.5 Å². The lowest BCUT2D eigenvalue weighted by Gasteiger charge is -2.17. The quantitative estimate of drug-likeness (QED) is 0.819. The number of nitrogens with zero attached hydrogens (tertiary/aromatic N) is 3. The number of rotatable bonds is 6. The van der Waals surface area contributed by atoms with Crippen molar-refractivity contribution < 1.29 is 18.0 Å². The fraction of sp³-hybridized carbons (Fsp3) is 0.667. The lowest BCUT2D eigenvalue weighted by atomic mass is 9.98. The SMILES string of the molecule is C[C@@H](CCc1nc(NC2(C)CC2)nc(C2=CC(=O)CCC2)n1)C(F)(F)F. The largest absolute Gasteiger partial charge is 0.391 e. The number of nitrogens with one attached hydrogen (secondary N) is 1. The Kier molecular flexibility index (Phi) is 5.03. The van der Waals surface area contributed by atoms with E-state index in [9.17, 15) is 18.0 Å². The van der Waals surface area contributed by atoms with Gasteiger partial charge in [0.15, 0.2) is 11.6 Å². The van der Waals surface area contributed by atoms with Crippen molar-refractivity contribution in [2.75, 3.05) is 5.32 Å². The third-order valence-corrected chi connectivity index (χ3v) is 4.95. The summed E-state index contributed by atoms with van der Waals surface area (Å²) in [5.74, 6) is -0.284. The van der Waals surface area contributed by atoms with Gasteiger partial charge in [-0.1, -0.05) is 6.92 Å². The molecule has 0 aliphatic heterocycles. The van der Waals surface area contributed by atoms with Gasteiger partial charge in [0.05, 0.1) is 5.92 Å². The standard InChI is InChI=1S/C18H23F3N4O/c1-11(18(19,20)21)6-7-14-22-15(12-4-3-5-13(26)10-12)24-16(23-14)25-17(2)8-9-17/h10-11H,3-9H2,1-2H3,(H,22,23,24,25)/t11-/m0/s1. The third kappa shape index (κ3) is 4.80. The molecule has 0 saturated heterocycles. The highest BCUT2D eigenvalue weighted by Crippen LogP contribution is 2.37. The molecule has 1 N–H and O–H groups in total. The summed E-state index contributed by atoms with van der Waals surface area (Å²) in [5, 5.41) is 3.24. The van der Waals surface area contributed by atoms with Gasteiger partial charge in [-0.15, -0.1) is 0 Å². The molecule has 1 atom stereocenters. The van der Waals surface area contributed by atoms with Crippen LogP contribution in [0, 0.1) is 5.92 Å². The molecule has 142 valence electrons. The van der Waals surface area contributed by atoms with Gasteiger partial charge in [-0.05, 0) is 45.1 Å². The van der Waals surface area contributed by atoms with Crippen LogP contribution in [0.15, 0.2) is 6.08 Å². The molecule has 26 heavy (non-hydrogen) atoms. The molecule has 2 aliphatic rings. The summed E-state index contributed by atoms with van der Waals surface area (Å²) in [4.78, 5) is 24.8. The average Bonchev–Trinajstić information content (AvgIpc) is 3.28. The van der Waals surface area contributed by atoms with E-state index in [0.717, 1.165) is 31.8 Å². The summed E-state index contributed by atoms with van der Waals surface area (Å²) in [7, 11) is 0. The number of carbonyl (C=O) groups excluding carboxylic acids is 1. The van der Waals surface area contributed by atoms with Gasteiger partial charge in [0.25, 0.3) is 0 Å². The van der Waals surface area contributed by atoms with Gasteiger partial charge >= 0.3 is 6.18 Å². The van der Waals surface area contributed by atoms with Crippen LogP contribution >= 0.6 is 0 Å². The van der Waals surface area contributed by atoms with E-state index in [1.165, 1.54) is 0 Å². The van der Waals surface area contributed by atoms with Crippen LogP contribution in [0.2, 0.25) is 0 Å². The number of hydrogen-bond donors (Lipinski definition) is 1. The molecule has 3 rings (SSSR count). The monoisotopic (exact) mass is 368 g/mol. The molecule has 5 nitrogen and oxygen atoms in total. The first-order chi connectivity index (χ1) is 12.1. The summed E-state index contributed by atoms with van der Waals surface area (Å²) in [6, 6.07) is 0. The maximum absolute atomic E-state index is 12.8. The Morgan fingerprint density at radius 3 is 2.58 bits per heavy atom. The average molecular weight is 368 g/mol. The fourth-order valence-corrected chi connectivity index (χ4v) is 2.79. The Bertz CT molecular complexity index is 726. The predicted octanol–water partition coefficient (Wildman–Crippen LogP) is 4.10. The van der Waals surface area contributed by atoms with Gasteiger partial charge in [-0.3, -0.25) is 4.79 Å². The van der Waals surface area contributed by atoms with E-state index in [2.05, 4.69) is 20.3 Å². The molecule has 0 amide bonds. The summed E-state index contributed by atoms with van der Waals surface area (Å²) < 4.78 is 38.3. The van der Waals surface area contributed by atoms with E-state index < -0.39 is 12.1 Å². The summed E-state index contributed by atoms with van der Waals surface area (Å²) in [5.41, 5.74) is 0.670. The van der Waals surface area contributed by atoms with E-state index in [1.807, 2.05) is 6.92 Å². The van der Waals surface area contributed by atoms with E-state index in [0.29, 0.717) is 30.4 Å². The molecule has 1 aromatic rings. The lowest BCUT2D eigenvalue weighted by molar-refractivity contribution is -0.171. The zero-order valence-electron chi connectivity index (χ0n) is 15.0. The highest BCUT2D eigenvalue weighted by Gasteiger charge is 2.38. The van der Waals surface area contributed by atoms with Gasteiger partial charge in [0.2, 0.25) is 5.95 Å². The van der Waals surface area contributed by atoms with Crippen LogP contribution in [-0.2, 0) is 11.2 Å². The van der Waals surface area contributed by atoms with Crippen molar-refractivity contribution in [3.05, 3.63) is 17.7 Å². The molecule has 0 radical (unpaired) electrons. The molecule has 0 bridgehead atoms. The van der Waals surface area contributed by atoms with Crippen molar-refractivity contribution in [3.8, 4) is 0 Å². The Labute approximate surface area is 150 Å². The summed E-state index contributed by atoms with van der Waals surface area (Å²) in [6.07, 6.45) is 1.27. The predicted molar refractivity (Wildman–Crippen MR) is 91.5 cm³/mol. The molecule has 1 fully saturated rings. The van der Waals surface area contributed by atoms with Crippen molar-refractivity contribution >= 4 is 17.3 Å². The minimum absolute atomic E-state index is 0.0302. The van der Waals surface area contributed by atoms with E-state index in [4.69, 9.17) is 0 Å². The highest BCUT2D eigenvalue weighted by atomic mass is 19.4. The molecule has 1 aromatic heterocycles. The van der Waals surface area contributed by atoms with Gasteiger partial charge in [0, 0.05) is 24.0 Å². The topological polar surface area (TPSA) is 67.8 Å². The molecule has 0 spiro atoms. The first-order valence-electron chi connectivity index (χ1n) is 8.98. The van der Waals surface area contributed by atoms with Gasteiger partial charge in [-0.2, -0.15) is 23.1 Å². The van der Waals surface area contributed by atoms with Crippen LogP contribution < -0.4 is 5.32 Å². The number of aromatic nitrogens is 3. The van der Waals surface area contributed by atoms with Gasteiger partial charge < -0.3 is 5.32 Å². The number of halogens is 3. The van der Waals surface area contributed by atoms with Crippen LogP contribution in [0.3, 0.4) is 0 Å². The first-order valence-corrected chi connectivity index (χ1v) is 8.98. The van der Waals surface area contributed by atoms with Crippen molar-refractivity contribution in [2.24, 2.45) is 5.92 Å². The smallest absolute Gasteiger partial charge is 0.349 e. The Balaban J connectivity index is 1.84. The number of alkyl halides is 3. The van der Waals surface area contributed by atoms with Crippen LogP contribution in [0.5, 0.6) is 0 Å². The number of allylic oxidation sites excluding steroid dienone is 2. The highest BCUT2D eigenvalue weighted by molar-refractivity contribution is 5.97. The number of aryl methyl sites for hydroxylation is 1. The molecule has 2 aliphatic carbocycles. The van der Waals surface area contributed by atoms with Crippen LogP contribution in [0.4, 0.5) is 19.1 Å². The Morgan fingerprint density at radius 1 is 1.23 bits per heavy atom. The number of ketones is 1. The minimum Gasteiger partial charge on any atom is -0.349 e. The first kappa shape index (κ1) is 18.8. The molecular formula is C18H23F3N4O. The van der Waals surface area contributed by atoms with Crippen LogP contribution in [-0.4, -0.2) is 32.5 Å². The van der Waals surface area contributed by atoms with Gasteiger partial charge in [0.1, 0.15) is 5.82 Å². The second-order valence-electron chi connectivity index (χ2n) is 7.56. The van der Waals surface area contributed by atoms with Crippen LogP contribution in [0.25, 0.3) is 5.57 Å². The third-order valence-electron chi connectivity index (χ3n) is 4.95. The molecule has 0 aromatic carbocycles. The second kappa shape index (κ2) is 6.96. The minimum atomic E-state index is -4.23. The molecule has 0 unspecified atom stereocenters. The maximum atomic E-state index is 12.8. The fourth-order valence-electron chi connectivity index (χ4n) is 2.79. The van der Waals surface area contributed by atoms with Crippen molar-refractivity contribution in [3.63, 3.8) is 0 Å².